The maximum atomic E-state index is 6.35. The number of likely N-dealkylation sites (N-methyl/N-ethyl adjacent to an activating group) is 1. The number of hydrogen-bond acceptors (Lipinski definition) is 5. The first-order chi connectivity index (χ1) is 18.6. The average molecular weight is 524 g/mol. The van der Waals surface area contributed by atoms with E-state index in [1.807, 2.05) is 54.6 Å². The lowest BCUT2D eigenvalue weighted by molar-refractivity contribution is 0.303. The molecule has 192 valence electrons. The molecule has 0 saturated carbocycles. The summed E-state index contributed by atoms with van der Waals surface area (Å²) in [6.07, 6.45) is 0.603. The van der Waals surface area contributed by atoms with Crippen LogP contribution in [0.3, 0.4) is 0 Å². The second kappa shape index (κ2) is 10.9. The van der Waals surface area contributed by atoms with Gasteiger partial charge < -0.3 is 19.5 Å². The highest BCUT2D eigenvalue weighted by Gasteiger charge is 2.16. The van der Waals surface area contributed by atoms with Crippen LogP contribution in [0.2, 0.25) is 5.02 Å². The SMILES string of the molecule is CN1CCN(c2ccc3nc(-c4cccc(Cc5cc(Cl)ccc5OCc5ccccc5)n4)[nH]c3c2)CC1. The van der Waals surface area contributed by atoms with Crippen LogP contribution in [0.1, 0.15) is 16.8 Å². The molecule has 7 heteroatoms. The fourth-order valence-electron chi connectivity index (χ4n) is 4.85. The first-order valence-corrected chi connectivity index (χ1v) is 13.3. The lowest BCUT2D eigenvalue weighted by atomic mass is 10.1. The van der Waals surface area contributed by atoms with E-state index in [-0.39, 0.29) is 0 Å². The first kappa shape index (κ1) is 24.5. The Morgan fingerprint density at radius 1 is 0.868 bits per heavy atom. The van der Waals surface area contributed by atoms with Crippen molar-refractivity contribution in [3.63, 3.8) is 0 Å². The molecule has 1 aliphatic rings. The number of anilines is 1. The van der Waals surface area contributed by atoms with E-state index in [0.717, 1.165) is 71.3 Å². The third kappa shape index (κ3) is 5.52. The number of nitrogens with zero attached hydrogens (tertiary/aromatic N) is 4. The van der Waals surface area contributed by atoms with Gasteiger partial charge in [-0.25, -0.2) is 9.97 Å². The maximum Gasteiger partial charge on any atom is 0.157 e. The third-order valence-corrected chi connectivity index (χ3v) is 7.25. The van der Waals surface area contributed by atoms with Crippen molar-refractivity contribution in [2.75, 3.05) is 38.1 Å². The standard InChI is InChI=1S/C31H30ClN5O/c1-36-14-16-37(17-15-36)26-11-12-27-29(20-26)35-31(34-27)28-9-5-8-25(33-28)19-23-18-24(32)10-13-30(23)38-21-22-6-3-2-4-7-22/h2-13,18,20H,14-17,19,21H2,1H3,(H,34,35). The summed E-state index contributed by atoms with van der Waals surface area (Å²) < 4.78 is 6.16. The monoisotopic (exact) mass is 523 g/mol. The number of pyridine rings is 1. The van der Waals surface area contributed by atoms with Crippen LogP contribution in [0.15, 0.2) is 84.9 Å². The van der Waals surface area contributed by atoms with Crippen LogP contribution in [-0.2, 0) is 13.0 Å². The van der Waals surface area contributed by atoms with E-state index in [1.54, 1.807) is 0 Å². The highest BCUT2D eigenvalue weighted by molar-refractivity contribution is 6.30. The number of rotatable bonds is 7. The molecule has 1 aliphatic heterocycles. The molecule has 0 unspecified atom stereocenters. The van der Waals surface area contributed by atoms with Crippen molar-refractivity contribution < 1.29 is 4.74 Å². The van der Waals surface area contributed by atoms with E-state index < -0.39 is 0 Å². The lowest BCUT2D eigenvalue weighted by Gasteiger charge is -2.34. The predicted octanol–water partition coefficient (Wildman–Crippen LogP) is 6.20. The Balaban J connectivity index is 1.22. The minimum atomic E-state index is 0.498. The van der Waals surface area contributed by atoms with Gasteiger partial charge in [0.2, 0.25) is 0 Å². The van der Waals surface area contributed by atoms with E-state index in [4.69, 9.17) is 26.3 Å². The van der Waals surface area contributed by atoms with Crippen LogP contribution in [0.4, 0.5) is 5.69 Å². The molecule has 6 nitrogen and oxygen atoms in total. The lowest BCUT2D eigenvalue weighted by Crippen LogP contribution is -2.44. The molecule has 2 aromatic heterocycles. The molecule has 3 aromatic carbocycles. The quantitative estimate of drug-likeness (QED) is 0.275. The Morgan fingerprint density at radius 2 is 1.71 bits per heavy atom. The number of benzene rings is 3. The molecular weight excluding hydrogens is 494 g/mol. The second-order valence-electron chi connectivity index (χ2n) is 9.79. The minimum Gasteiger partial charge on any atom is -0.489 e. The zero-order chi connectivity index (χ0) is 25.9. The van der Waals surface area contributed by atoms with Gasteiger partial charge in [-0.3, -0.25) is 0 Å². The van der Waals surface area contributed by atoms with Crippen molar-refractivity contribution in [1.29, 1.82) is 0 Å². The van der Waals surface area contributed by atoms with E-state index in [1.165, 1.54) is 5.69 Å². The maximum absolute atomic E-state index is 6.35. The molecule has 6 rings (SSSR count). The molecule has 1 fully saturated rings. The number of aromatic amines is 1. The molecular formula is C31H30ClN5O. The number of H-pyrrole nitrogens is 1. The summed E-state index contributed by atoms with van der Waals surface area (Å²) in [6.45, 7) is 4.72. The number of fused-ring (bicyclic) bond motifs is 1. The molecule has 3 heterocycles. The Kier molecular flexibility index (Phi) is 6.99. The number of aromatic nitrogens is 3. The van der Waals surface area contributed by atoms with E-state index >= 15 is 0 Å². The molecule has 5 aromatic rings. The summed E-state index contributed by atoms with van der Waals surface area (Å²) in [5.74, 6) is 1.58. The molecule has 0 radical (unpaired) electrons. The predicted molar refractivity (Wildman–Crippen MR) is 154 cm³/mol. The average Bonchev–Trinajstić information content (AvgIpc) is 3.38. The Labute approximate surface area is 227 Å². The molecule has 0 aliphatic carbocycles. The summed E-state index contributed by atoms with van der Waals surface area (Å²) in [6, 6.07) is 28.4. The number of hydrogen-bond donors (Lipinski definition) is 1. The Bertz CT molecular complexity index is 1540. The van der Waals surface area contributed by atoms with Gasteiger partial charge in [0.25, 0.3) is 0 Å². The number of piperazine rings is 1. The number of ether oxygens (including phenoxy) is 1. The number of halogens is 1. The largest absolute Gasteiger partial charge is 0.489 e. The van der Waals surface area contributed by atoms with Gasteiger partial charge in [0.1, 0.15) is 18.1 Å². The summed E-state index contributed by atoms with van der Waals surface area (Å²) in [7, 11) is 2.17. The summed E-state index contributed by atoms with van der Waals surface area (Å²) in [4.78, 5) is 18.1. The summed E-state index contributed by atoms with van der Waals surface area (Å²) in [5.41, 5.74) is 7.05. The highest BCUT2D eigenvalue weighted by atomic mass is 35.5. The van der Waals surface area contributed by atoms with Gasteiger partial charge in [0.15, 0.2) is 5.82 Å². The van der Waals surface area contributed by atoms with Crippen molar-refractivity contribution in [1.82, 2.24) is 19.9 Å². The van der Waals surface area contributed by atoms with Gasteiger partial charge >= 0.3 is 0 Å². The van der Waals surface area contributed by atoms with Crippen molar-refractivity contribution in [3.05, 3.63) is 107 Å². The fraction of sp³-hybridized carbons (Fsp3) is 0.226. The van der Waals surface area contributed by atoms with Gasteiger partial charge in [0.05, 0.1) is 11.0 Å². The number of nitrogens with one attached hydrogen (secondary N) is 1. The van der Waals surface area contributed by atoms with Gasteiger partial charge in [-0.05, 0) is 61.1 Å². The minimum absolute atomic E-state index is 0.498. The smallest absolute Gasteiger partial charge is 0.157 e. The molecule has 1 N–H and O–H groups in total. The van der Waals surface area contributed by atoms with Crippen molar-refractivity contribution in [3.8, 4) is 17.3 Å². The van der Waals surface area contributed by atoms with Gasteiger partial charge in [-0.15, -0.1) is 0 Å². The van der Waals surface area contributed by atoms with Crippen LogP contribution in [0, 0.1) is 0 Å². The van der Waals surface area contributed by atoms with Gasteiger partial charge in [-0.1, -0.05) is 48.0 Å². The second-order valence-corrected chi connectivity index (χ2v) is 10.2. The molecule has 0 bridgehead atoms. The highest BCUT2D eigenvalue weighted by Crippen LogP contribution is 2.28. The van der Waals surface area contributed by atoms with Gasteiger partial charge in [-0.2, -0.15) is 0 Å². The van der Waals surface area contributed by atoms with E-state index in [0.29, 0.717) is 18.1 Å². The molecule has 38 heavy (non-hydrogen) atoms. The van der Waals surface area contributed by atoms with Gasteiger partial charge in [0, 0.05) is 54.6 Å². The molecule has 1 saturated heterocycles. The van der Waals surface area contributed by atoms with Crippen LogP contribution in [-0.4, -0.2) is 53.1 Å². The van der Waals surface area contributed by atoms with Crippen molar-refractivity contribution >= 4 is 28.3 Å². The van der Waals surface area contributed by atoms with E-state index in [9.17, 15) is 0 Å². The Morgan fingerprint density at radius 3 is 2.55 bits per heavy atom. The summed E-state index contributed by atoms with van der Waals surface area (Å²) in [5, 5.41) is 0.677. The fourth-order valence-corrected chi connectivity index (χ4v) is 5.04. The Hall–Kier alpha value is -3.87. The van der Waals surface area contributed by atoms with Crippen LogP contribution in [0.5, 0.6) is 5.75 Å². The third-order valence-electron chi connectivity index (χ3n) is 7.01. The van der Waals surface area contributed by atoms with Crippen LogP contribution in [0.25, 0.3) is 22.6 Å². The zero-order valence-corrected chi connectivity index (χ0v) is 22.2. The van der Waals surface area contributed by atoms with Crippen molar-refractivity contribution in [2.45, 2.75) is 13.0 Å². The molecule has 0 spiro atoms. The van der Waals surface area contributed by atoms with E-state index in [2.05, 4.69) is 52.2 Å². The molecule has 0 amide bonds. The zero-order valence-electron chi connectivity index (χ0n) is 21.4. The molecule has 0 atom stereocenters. The first-order valence-electron chi connectivity index (χ1n) is 13.0. The van der Waals surface area contributed by atoms with Crippen molar-refractivity contribution in [2.24, 2.45) is 0 Å². The van der Waals surface area contributed by atoms with Crippen LogP contribution >= 0.6 is 11.6 Å². The van der Waals surface area contributed by atoms with Crippen LogP contribution < -0.4 is 9.64 Å². The number of imidazole rings is 1. The summed E-state index contributed by atoms with van der Waals surface area (Å²) >= 11 is 6.35. The topological polar surface area (TPSA) is 57.3 Å². The normalized spacial score (nSPS) is 14.2.